The molecule has 0 unspecified atom stereocenters. The maximum absolute atomic E-state index is 6.05. The number of rotatable bonds is 3. The molecule has 1 aromatic rings. The van der Waals surface area contributed by atoms with E-state index in [1.807, 2.05) is 12.1 Å². The molecule has 4 heteroatoms. The number of ether oxygens (including phenoxy) is 1. The second kappa shape index (κ2) is 5.45. The van der Waals surface area contributed by atoms with Gasteiger partial charge in [0.25, 0.3) is 0 Å². The molecule has 3 atom stereocenters. The van der Waals surface area contributed by atoms with E-state index < -0.39 is 0 Å². The summed E-state index contributed by atoms with van der Waals surface area (Å²) in [6, 6.07) is 3.89. The fourth-order valence-electron chi connectivity index (χ4n) is 3.11. The van der Waals surface area contributed by atoms with Gasteiger partial charge in [-0.2, -0.15) is 0 Å². The van der Waals surface area contributed by atoms with Crippen molar-refractivity contribution in [2.24, 2.45) is 11.8 Å². The summed E-state index contributed by atoms with van der Waals surface area (Å²) < 4.78 is 6.05. The zero-order valence-corrected chi connectivity index (χ0v) is 11.2. The van der Waals surface area contributed by atoms with Crippen molar-refractivity contribution in [3.63, 3.8) is 0 Å². The number of hydrogen-bond donors (Lipinski definition) is 0. The molecule has 1 heterocycles. The van der Waals surface area contributed by atoms with E-state index in [1.54, 1.807) is 6.20 Å². The van der Waals surface area contributed by atoms with Gasteiger partial charge in [0.15, 0.2) is 0 Å². The molecule has 2 saturated carbocycles. The van der Waals surface area contributed by atoms with E-state index in [4.69, 9.17) is 16.3 Å². The van der Waals surface area contributed by atoms with Gasteiger partial charge < -0.3 is 4.74 Å². The minimum atomic E-state index is 0. The normalized spacial score (nSPS) is 30.1. The van der Waals surface area contributed by atoms with E-state index in [9.17, 15) is 0 Å². The fourth-order valence-corrected chi connectivity index (χ4v) is 3.25. The van der Waals surface area contributed by atoms with Crippen LogP contribution in [0.25, 0.3) is 0 Å². The fraction of sp³-hybridized carbons (Fsp3) is 0.615. The van der Waals surface area contributed by atoms with Gasteiger partial charge in [0, 0.05) is 12.3 Å². The van der Waals surface area contributed by atoms with Crippen LogP contribution in [0.2, 0.25) is 0 Å². The molecule has 2 aliphatic rings. The molecule has 1 aromatic heterocycles. The van der Waals surface area contributed by atoms with Crippen molar-refractivity contribution in [3.8, 4) is 5.75 Å². The summed E-state index contributed by atoms with van der Waals surface area (Å²) in [7, 11) is 0. The summed E-state index contributed by atoms with van der Waals surface area (Å²) >= 11 is 5.76. The maximum atomic E-state index is 6.05. The minimum absolute atomic E-state index is 0. The van der Waals surface area contributed by atoms with Crippen LogP contribution in [-0.2, 0) is 5.88 Å². The van der Waals surface area contributed by atoms with Crippen molar-refractivity contribution in [2.75, 3.05) is 0 Å². The molecule has 2 aliphatic carbocycles. The van der Waals surface area contributed by atoms with Gasteiger partial charge in [0.05, 0.1) is 11.6 Å². The van der Waals surface area contributed by atoms with Crippen LogP contribution < -0.4 is 4.74 Å². The Morgan fingerprint density at radius 1 is 1.35 bits per heavy atom. The zero-order chi connectivity index (χ0) is 11.0. The molecule has 0 saturated heterocycles. The summed E-state index contributed by atoms with van der Waals surface area (Å²) in [5, 5.41) is 0. The molecule has 0 N–H and O–H groups in total. The van der Waals surface area contributed by atoms with E-state index in [1.165, 1.54) is 25.7 Å². The highest BCUT2D eigenvalue weighted by molar-refractivity contribution is 6.16. The van der Waals surface area contributed by atoms with Gasteiger partial charge in [-0.05, 0) is 43.6 Å². The first-order valence-electron chi connectivity index (χ1n) is 6.02. The lowest BCUT2D eigenvalue weighted by Crippen LogP contribution is -2.23. The highest BCUT2D eigenvalue weighted by Crippen LogP contribution is 2.45. The van der Waals surface area contributed by atoms with Crippen molar-refractivity contribution in [1.29, 1.82) is 0 Å². The molecule has 2 nitrogen and oxygen atoms in total. The average molecular weight is 274 g/mol. The molecule has 0 aromatic carbocycles. The predicted molar refractivity (Wildman–Crippen MR) is 70.9 cm³/mol. The number of alkyl halides is 1. The van der Waals surface area contributed by atoms with Gasteiger partial charge in [-0.1, -0.05) is 0 Å². The van der Waals surface area contributed by atoms with Gasteiger partial charge in [0.2, 0.25) is 0 Å². The highest BCUT2D eigenvalue weighted by Gasteiger charge is 2.40. The predicted octanol–water partition coefficient (Wildman–Crippen LogP) is 3.81. The monoisotopic (exact) mass is 273 g/mol. The number of pyridine rings is 1. The Kier molecular flexibility index (Phi) is 4.16. The summed E-state index contributed by atoms with van der Waals surface area (Å²) in [6.45, 7) is 0. The molecule has 3 rings (SSSR count). The summed E-state index contributed by atoms with van der Waals surface area (Å²) in [5.74, 6) is 3.10. The number of fused-ring (bicyclic) bond motifs is 2. The summed E-state index contributed by atoms with van der Waals surface area (Å²) in [5.41, 5.74) is 0.891. The molecule has 0 amide bonds. The zero-order valence-electron chi connectivity index (χ0n) is 9.64. The average Bonchev–Trinajstić information content (AvgIpc) is 2.91. The number of aromatic nitrogens is 1. The van der Waals surface area contributed by atoms with Crippen LogP contribution in [0.15, 0.2) is 18.3 Å². The Labute approximate surface area is 113 Å². The van der Waals surface area contributed by atoms with E-state index >= 15 is 0 Å². The number of nitrogens with zero attached hydrogens (tertiary/aromatic N) is 1. The van der Waals surface area contributed by atoms with Gasteiger partial charge in [0.1, 0.15) is 11.9 Å². The quantitative estimate of drug-likeness (QED) is 0.782. The van der Waals surface area contributed by atoms with Gasteiger partial charge in [-0.3, -0.25) is 4.98 Å². The molecule has 2 fully saturated rings. The second-order valence-corrected chi connectivity index (χ2v) is 5.21. The topological polar surface area (TPSA) is 22.1 Å². The van der Waals surface area contributed by atoms with Crippen LogP contribution in [0.3, 0.4) is 0 Å². The second-order valence-electron chi connectivity index (χ2n) is 4.95. The van der Waals surface area contributed by atoms with Gasteiger partial charge >= 0.3 is 0 Å². The molecule has 17 heavy (non-hydrogen) atoms. The first-order valence-corrected chi connectivity index (χ1v) is 6.56. The molecular formula is C13H17Cl2NO. The van der Waals surface area contributed by atoms with Crippen molar-refractivity contribution in [1.82, 2.24) is 4.98 Å². The molecule has 94 valence electrons. The molecule has 2 bridgehead atoms. The van der Waals surface area contributed by atoms with Gasteiger partial charge in [-0.25, -0.2) is 0 Å². The van der Waals surface area contributed by atoms with E-state index in [0.29, 0.717) is 12.0 Å². The lowest BCUT2D eigenvalue weighted by molar-refractivity contribution is 0.138. The third-order valence-electron chi connectivity index (χ3n) is 3.89. The van der Waals surface area contributed by atoms with Crippen LogP contribution in [-0.4, -0.2) is 11.1 Å². The van der Waals surface area contributed by atoms with E-state index in [0.717, 1.165) is 23.3 Å². The Morgan fingerprint density at radius 2 is 2.24 bits per heavy atom. The number of hydrogen-bond acceptors (Lipinski definition) is 2. The highest BCUT2D eigenvalue weighted by atomic mass is 35.5. The lowest BCUT2D eigenvalue weighted by Gasteiger charge is -2.23. The van der Waals surface area contributed by atoms with Crippen LogP contribution >= 0.6 is 24.0 Å². The van der Waals surface area contributed by atoms with Crippen molar-refractivity contribution in [2.45, 2.75) is 37.7 Å². The summed E-state index contributed by atoms with van der Waals surface area (Å²) in [6.07, 6.45) is 7.59. The van der Waals surface area contributed by atoms with E-state index in [-0.39, 0.29) is 12.4 Å². The smallest absolute Gasteiger partial charge is 0.123 e. The van der Waals surface area contributed by atoms with Gasteiger partial charge in [-0.15, -0.1) is 24.0 Å². The van der Waals surface area contributed by atoms with Crippen LogP contribution in [0.1, 0.15) is 31.4 Å². The number of halogens is 2. The Hall–Kier alpha value is -0.470. The Bertz CT molecular complexity index is 385. The first-order chi connectivity index (χ1) is 7.85. The van der Waals surface area contributed by atoms with Crippen LogP contribution in [0.4, 0.5) is 0 Å². The standard InChI is InChI=1S/C13H16ClNO.ClH/c14-8-11-7-12(3-4-15-11)16-13-6-9-1-2-10(13)5-9;/h3-4,7,9-10,13H,1-2,5-6,8H2;1H/t9-,10+,13+;/m0./s1. The van der Waals surface area contributed by atoms with Crippen molar-refractivity contribution < 1.29 is 4.74 Å². The van der Waals surface area contributed by atoms with Crippen LogP contribution in [0, 0.1) is 11.8 Å². The minimum Gasteiger partial charge on any atom is -0.490 e. The molecule has 0 aliphatic heterocycles. The van der Waals surface area contributed by atoms with Crippen molar-refractivity contribution in [3.05, 3.63) is 24.0 Å². The molecular weight excluding hydrogens is 257 g/mol. The SMILES string of the molecule is Cl.ClCc1cc(O[C@@H]2C[C@H]3CC[C@@H]2C3)ccn1. The first kappa shape index (κ1) is 13.0. The Morgan fingerprint density at radius 3 is 2.88 bits per heavy atom. The largest absolute Gasteiger partial charge is 0.490 e. The lowest BCUT2D eigenvalue weighted by atomic mass is 9.98. The van der Waals surface area contributed by atoms with E-state index in [2.05, 4.69) is 4.98 Å². The summed E-state index contributed by atoms with van der Waals surface area (Å²) in [4.78, 5) is 4.17. The third-order valence-corrected chi connectivity index (χ3v) is 4.16. The van der Waals surface area contributed by atoms with Crippen molar-refractivity contribution >= 4 is 24.0 Å². The third kappa shape index (κ3) is 2.69. The maximum Gasteiger partial charge on any atom is 0.123 e. The Balaban J connectivity index is 0.00000108. The van der Waals surface area contributed by atoms with Crippen LogP contribution in [0.5, 0.6) is 5.75 Å². The molecule has 0 spiro atoms. The molecule has 0 radical (unpaired) electrons.